The highest BCUT2D eigenvalue weighted by molar-refractivity contribution is 14.0. The molecule has 2 N–H and O–H groups in total. The van der Waals surface area contributed by atoms with E-state index in [4.69, 9.17) is 25.8 Å². The molecule has 0 amide bonds. The van der Waals surface area contributed by atoms with Crippen molar-refractivity contribution in [2.45, 2.75) is 12.8 Å². The summed E-state index contributed by atoms with van der Waals surface area (Å²) in [5, 5.41) is 7.26. The maximum Gasteiger partial charge on any atom is 0.191 e. The topological polar surface area (TPSA) is 67.4 Å². The summed E-state index contributed by atoms with van der Waals surface area (Å²) in [4.78, 5) is 6.54. The third-order valence-corrected chi connectivity index (χ3v) is 4.54. The minimum absolute atomic E-state index is 0. The average molecular weight is 527 g/mol. The van der Waals surface area contributed by atoms with Crippen molar-refractivity contribution in [2.24, 2.45) is 4.99 Å². The van der Waals surface area contributed by atoms with Gasteiger partial charge in [0.15, 0.2) is 17.5 Å². The Kier molecular flexibility index (Phi) is 12.6. The lowest BCUT2D eigenvalue weighted by Crippen LogP contribution is -2.41. The van der Waals surface area contributed by atoms with Crippen LogP contribution in [0.25, 0.3) is 0 Å². The van der Waals surface area contributed by atoms with Crippen LogP contribution < -0.4 is 20.1 Å². The minimum Gasteiger partial charge on any atom is -0.486 e. The summed E-state index contributed by atoms with van der Waals surface area (Å²) in [6.45, 7) is 5.44. The molecule has 0 atom stereocenters. The Labute approximate surface area is 190 Å². The lowest BCUT2D eigenvalue weighted by atomic mass is 10.1. The first-order chi connectivity index (χ1) is 13.1. The molecule has 1 heterocycles. The van der Waals surface area contributed by atoms with Gasteiger partial charge in [0.1, 0.15) is 13.2 Å². The highest BCUT2D eigenvalue weighted by atomic mass is 127. The van der Waals surface area contributed by atoms with Crippen LogP contribution in [0.1, 0.15) is 12.0 Å². The number of fused-ring (bicyclic) bond motifs is 1. The molecule has 28 heavy (non-hydrogen) atoms. The van der Waals surface area contributed by atoms with Crippen LogP contribution in [0.3, 0.4) is 0 Å². The van der Waals surface area contributed by atoms with E-state index in [1.54, 1.807) is 14.2 Å². The summed E-state index contributed by atoms with van der Waals surface area (Å²) in [6, 6.07) is 3.93. The first-order valence-corrected chi connectivity index (χ1v) is 9.72. The highest BCUT2D eigenvalue weighted by Gasteiger charge is 2.16. The van der Waals surface area contributed by atoms with Gasteiger partial charge in [0.05, 0.1) is 5.02 Å². The molecule has 0 radical (unpaired) electrons. The zero-order chi connectivity index (χ0) is 19.5. The quantitative estimate of drug-likeness (QED) is 0.211. The third-order valence-electron chi connectivity index (χ3n) is 4.26. The van der Waals surface area contributed by atoms with Gasteiger partial charge in [-0.05, 0) is 37.6 Å². The second kappa shape index (κ2) is 14.1. The summed E-state index contributed by atoms with van der Waals surface area (Å²) in [7, 11) is 5.62. The van der Waals surface area contributed by atoms with E-state index in [-0.39, 0.29) is 24.0 Å². The van der Waals surface area contributed by atoms with Crippen LogP contribution in [0.15, 0.2) is 17.1 Å². The normalized spacial score (nSPS) is 13.2. The lowest BCUT2D eigenvalue weighted by Gasteiger charge is -2.20. The predicted octanol–water partition coefficient (Wildman–Crippen LogP) is 2.41. The van der Waals surface area contributed by atoms with Crippen molar-refractivity contribution in [2.75, 3.05) is 67.2 Å². The Bertz CT molecular complexity index is 619. The number of aliphatic imine (C=N–C) groups is 1. The first kappa shape index (κ1) is 25.1. The van der Waals surface area contributed by atoms with Gasteiger partial charge < -0.3 is 29.7 Å². The van der Waals surface area contributed by atoms with Crippen LogP contribution in [0, 0.1) is 0 Å². The number of ether oxygens (including phenoxy) is 3. The molecule has 0 spiro atoms. The molecule has 9 heteroatoms. The number of hydrogen-bond acceptors (Lipinski definition) is 5. The molecule has 1 aliphatic rings. The zero-order valence-electron chi connectivity index (χ0n) is 16.9. The molecule has 0 saturated heterocycles. The fourth-order valence-electron chi connectivity index (χ4n) is 2.81. The molecule has 2 rings (SSSR count). The molecule has 0 fully saturated rings. The van der Waals surface area contributed by atoms with E-state index in [0.29, 0.717) is 24.0 Å². The van der Waals surface area contributed by atoms with E-state index in [9.17, 15) is 0 Å². The van der Waals surface area contributed by atoms with E-state index >= 15 is 0 Å². The van der Waals surface area contributed by atoms with Crippen LogP contribution in [0.4, 0.5) is 0 Å². The standard InChI is InChI=1S/C19H31ClN4O3.HI/c1-21-19(23-7-9-24(2)8-4-10-25-3)22-6-5-15-13-16(20)18-17(14-15)26-11-12-27-18;/h13-14H,4-12H2,1-3H3,(H2,21,22,23);1H. The molecule has 0 saturated carbocycles. The van der Waals surface area contributed by atoms with Crippen molar-refractivity contribution in [3.63, 3.8) is 0 Å². The van der Waals surface area contributed by atoms with Gasteiger partial charge in [-0.3, -0.25) is 4.99 Å². The largest absolute Gasteiger partial charge is 0.486 e. The van der Waals surface area contributed by atoms with Crippen molar-refractivity contribution in [1.82, 2.24) is 15.5 Å². The highest BCUT2D eigenvalue weighted by Crippen LogP contribution is 2.38. The third kappa shape index (κ3) is 8.59. The van der Waals surface area contributed by atoms with Crippen molar-refractivity contribution in [3.05, 3.63) is 22.7 Å². The average Bonchev–Trinajstić information content (AvgIpc) is 2.67. The summed E-state index contributed by atoms with van der Waals surface area (Å²) in [5.74, 6) is 2.17. The molecule has 1 aromatic carbocycles. The van der Waals surface area contributed by atoms with Crippen molar-refractivity contribution in [1.29, 1.82) is 0 Å². The molecule has 1 aromatic rings. The van der Waals surface area contributed by atoms with E-state index in [2.05, 4.69) is 27.6 Å². The van der Waals surface area contributed by atoms with E-state index in [1.165, 1.54) is 0 Å². The molecular formula is C19H32ClIN4O3. The maximum absolute atomic E-state index is 6.29. The van der Waals surface area contributed by atoms with Crippen molar-refractivity contribution >= 4 is 41.5 Å². The Morgan fingerprint density at radius 3 is 2.71 bits per heavy atom. The van der Waals surface area contributed by atoms with Gasteiger partial charge in [-0.2, -0.15) is 0 Å². The van der Waals surface area contributed by atoms with Gasteiger partial charge in [-0.15, -0.1) is 24.0 Å². The lowest BCUT2D eigenvalue weighted by molar-refractivity contribution is 0.171. The van der Waals surface area contributed by atoms with Gasteiger partial charge >= 0.3 is 0 Å². The Morgan fingerprint density at radius 1 is 1.21 bits per heavy atom. The molecule has 0 aliphatic carbocycles. The summed E-state index contributed by atoms with van der Waals surface area (Å²) < 4.78 is 16.3. The zero-order valence-corrected chi connectivity index (χ0v) is 20.0. The van der Waals surface area contributed by atoms with Crippen molar-refractivity contribution in [3.8, 4) is 11.5 Å². The summed E-state index contributed by atoms with van der Waals surface area (Å²) in [5.41, 5.74) is 1.10. The maximum atomic E-state index is 6.29. The number of nitrogens with zero attached hydrogens (tertiary/aromatic N) is 2. The predicted molar refractivity (Wildman–Crippen MR) is 125 cm³/mol. The Balaban J connectivity index is 0.00000392. The number of nitrogens with one attached hydrogen (secondary N) is 2. The number of likely N-dealkylation sites (N-methyl/N-ethyl adjacent to an activating group) is 1. The number of guanidine groups is 1. The van der Waals surface area contributed by atoms with Crippen molar-refractivity contribution < 1.29 is 14.2 Å². The van der Waals surface area contributed by atoms with Gasteiger partial charge in [0.25, 0.3) is 0 Å². The Morgan fingerprint density at radius 2 is 1.96 bits per heavy atom. The molecular weight excluding hydrogens is 495 g/mol. The number of rotatable bonds is 10. The van der Waals surface area contributed by atoms with Gasteiger partial charge in [-0.25, -0.2) is 0 Å². The molecule has 0 aromatic heterocycles. The van der Waals surface area contributed by atoms with Crippen LogP contribution in [-0.4, -0.2) is 78.1 Å². The SMILES string of the molecule is CN=C(NCCc1cc(Cl)c2c(c1)OCCO2)NCCN(C)CCCOC.I. The van der Waals surface area contributed by atoms with Crippen LogP contribution in [0.5, 0.6) is 11.5 Å². The summed E-state index contributed by atoms with van der Waals surface area (Å²) >= 11 is 6.29. The number of hydrogen-bond donors (Lipinski definition) is 2. The smallest absolute Gasteiger partial charge is 0.191 e. The second-order valence-electron chi connectivity index (χ2n) is 6.43. The number of benzene rings is 1. The van der Waals surface area contributed by atoms with E-state index < -0.39 is 0 Å². The minimum atomic E-state index is 0. The summed E-state index contributed by atoms with van der Waals surface area (Å²) in [6.07, 6.45) is 1.85. The van der Waals surface area contributed by atoms with Crippen LogP contribution >= 0.6 is 35.6 Å². The molecule has 0 bridgehead atoms. The van der Waals surface area contributed by atoms with E-state index in [1.807, 2.05) is 12.1 Å². The molecule has 0 unspecified atom stereocenters. The van der Waals surface area contributed by atoms with Gasteiger partial charge in [0, 0.05) is 46.9 Å². The fraction of sp³-hybridized carbons (Fsp3) is 0.632. The molecule has 160 valence electrons. The first-order valence-electron chi connectivity index (χ1n) is 9.34. The van der Waals surface area contributed by atoms with Crippen LogP contribution in [-0.2, 0) is 11.2 Å². The van der Waals surface area contributed by atoms with E-state index in [0.717, 1.165) is 62.9 Å². The fourth-order valence-corrected chi connectivity index (χ4v) is 3.10. The Hall–Kier alpha value is -0.970. The molecule has 7 nitrogen and oxygen atoms in total. The number of methoxy groups -OCH3 is 1. The monoisotopic (exact) mass is 526 g/mol. The second-order valence-corrected chi connectivity index (χ2v) is 6.83. The van der Waals surface area contributed by atoms with Gasteiger partial charge in [0.2, 0.25) is 0 Å². The van der Waals surface area contributed by atoms with Crippen LogP contribution in [0.2, 0.25) is 5.02 Å². The molecule has 1 aliphatic heterocycles. The van der Waals surface area contributed by atoms with Gasteiger partial charge in [-0.1, -0.05) is 11.6 Å². The number of halogens is 2.